The monoisotopic (exact) mass is 196 g/mol. The second-order valence-electron chi connectivity index (χ2n) is 2.54. The van der Waals surface area contributed by atoms with Gasteiger partial charge in [0.15, 0.2) is 0 Å². The van der Waals surface area contributed by atoms with Crippen molar-refractivity contribution in [3.63, 3.8) is 0 Å². The first-order chi connectivity index (χ1) is 6.69. The van der Waals surface area contributed by atoms with Crippen LogP contribution in [0, 0.1) is 5.82 Å². The quantitative estimate of drug-likeness (QED) is 0.446. The SMILES string of the molecule is COC(=O)/C(=C\O)c1ccc(F)cc1. The summed E-state index contributed by atoms with van der Waals surface area (Å²) in [5, 5.41) is 8.79. The van der Waals surface area contributed by atoms with Crippen molar-refractivity contribution in [2.75, 3.05) is 7.11 Å². The van der Waals surface area contributed by atoms with Gasteiger partial charge in [-0.15, -0.1) is 0 Å². The zero-order chi connectivity index (χ0) is 10.6. The molecule has 74 valence electrons. The van der Waals surface area contributed by atoms with Crippen LogP contribution >= 0.6 is 0 Å². The fourth-order valence-corrected chi connectivity index (χ4v) is 0.984. The summed E-state index contributed by atoms with van der Waals surface area (Å²) in [5.41, 5.74) is 0.397. The van der Waals surface area contributed by atoms with Crippen LogP contribution in [0.15, 0.2) is 30.5 Å². The first-order valence-electron chi connectivity index (χ1n) is 3.87. The fraction of sp³-hybridized carbons (Fsp3) is 0.100. The summed E-state index contributed by atoms with van der Waals surface area (Å²) in [6.07, 6.45) is 0.638. The maximum atomic E-state index is 12.5. The predicted octanol–water partition coefficient (Wildman–Crippen LogP) is 1.90. The summed E-state index contributed by atoms with van der Waals surface area (Å²) in [5.74, 6) is -1.07. The van der Waals surface area contributed by atoms with Crippen molar-refractivity contribution in [2.24, 2.45) is 0 Å². The van der Waals surface area contributed by atoms with Gasteiger partial charge < -0.3 is 9.84 Å². The topological polar surface area (TPSA) is 46.5 Å². The van der Waals surface area contributed by atoms with E-state index in [1.807, 2.05) is 0 Å². The van der Waals surface area contributed by atoms with E-state index in [4.69, 9.17) is 5.11 Å². The largest absolute Gasteiger partial charge is 0.515 e. The average Bonchev–Trinajstić information content (AvgIpc) is 2.21. The van der Waals surface area contributed by atoms with E-state index >= 15 is 0 Å². The number of benzene rings is 1. The molecule has 0 aromatic heterocycles. The van der Waals surface area contributed by atoms with Crippen LogP contribution in [0.5, 0.6) is 0 Å². The standard InChI is InChI=1S/C10H9FO3/c1-14-10(13)9(6-12)7-2-4-8(11)5-3-7/h2-6,12H,1H3/b9-6-. The van der Waals surface area contributed by atoms with Gasteiger partial charge in [-0.3, -0.25) is 0 Å². The molecule has 0 unspecified atom stereocenters. The Hall–Kier alpha value is -1.84. The van der Waals surface area contributed by atoms with Gasteiger partial charge in [0.25, 0.3) is 0 Å². The molecule has 1 rings (SSSR count). The van der Waals surface area contributed by atoms with E-state index in [-0.39, 0.29) is 5.57 Å². The number of rotatable bonds is 2. The molecule has 14 heavy (non-hydrogen) atoms. The van der Waals surface area contributed by atoms with Crippen LogP contribution in [0.2, 0.25) is 0 Å². The van der Waals surface area contributed by atoms with Crippen molar-refractivity contribution in [3.8, 4) is 0 Å². The van der Waals surface area contributed by atoms with Gasteiger partial charge in [0.05, 0.1) is 13.4 Å². The lowest BCUT2D eigenvalue weighted by atomic mass is 10.1. The van der Waals surface area contributed by atoms with Crippen molar-refractivity contribution < 1.29 is 19.0 Å². The van der Waals surface area contributed by atoms with Gasteiger partial charge in [-0.05, 0) is 17.7 Å². The smallest absolute Gasteiger partial charge is 0.341 e. The van der Waals surface area contributed by atoms with Crippen molar-refractivity contribution >= 4 is 11.5 Å². The molecule has 0 amide bonds. The van der Waals surface area contributed by atoms with Crippen LogP contribution in [-0.4, -0.2) is 18.2 Å². The van der Waals surface area contributed by atoms with Crippen molar-refractivity contribution in [1.29, 1.82) is 0 Å². The third-order valence-corrected chi connectivity index (χ3v) is 1.69. The summed E-state index contributed by atoms with van der Waals surface area (Å²) >= 11 is 0. The third-order valence-electron chi connectivity index (χ3n) is 1.69. The highest BCUT2D eigenvalue weighted by molar-refractivity contribution is 6.15. The highest BCUT2D eigenvalue weighted by atomic mass is 19.1. The third kappa shape index (κ3) is 2.10. The Labute approximate surface area is 80.4 Å². The van der Waals surface area contributed by atoms with Gasteiger partial charge in [0.1, 0.15) is 11.4 Å². The Morgan fingerprint density at radius 2 is 2.00 bits per heavy atom. The molecule has 0 aliphatic rings. The first-order valence-corrected chi connectivity index (χ1v) is 3.87. The van der Waals surface area contributed by atoms with Crippen LogP contribution in [0.1, 0.15) is 5.56 Å². The van der Waals surface area contributed by atoms with Crippen molar-refractivity contribution in [3.05, 3.63) is 41.9 Å². The molecule has 0 fully saturated rings. The van der Waals surface area contributed by atoms with Crippen LogP contribution in [0.4, 0.5) is 4.39 Å². The van der Waals surface area contributed by atoms with E-state index in [1.165, 1.54) is 31.4 Å². The minimum absolute atomic E-state index is 0.00694. The normalized spacial score (nSPS) is 11.1. The second kappa shape index (κ2) is 4.41. The molecular weight excluding hydrogens is 187 g/mol. The Morgan fingerprint density at radius 3 is 2.43 bits per heavy atom. The molecule has 4 heteroatoms. The fourth-order valence-electron chi connectivity index (χ4n) is 0.984. The molecule has 0 spiro atoms. The molecule has 0 heterocycles. The molecule has 0 saturated carbocycles. The highest BCUT2D eigenvalue weighted by Crippen LogP contribution is 2.15. The number of aliphatic hydroxyl groups is 1. The number of ether oxygens (including phenoxy) is 1. The summed E-state index contributed by atoms with van der Waals surface area (Å²) in [6.45, 7) is 0. The summed E-state index contributed by atoms with van der Waals surface area (Å²) in [7, 11) is 1.20. The lowest BCUT2D eigenvalue weighted by molar-refractivity contribution is -0.133. The number of halogens is 1. The average molecular weight is 196 g/mol. The summed E-state index contributed by atoms with van der Waals surface area (Å²) in [4.78, 5) is 11.1. The molecule has 0 radical (unpaired) electrons. The highest BCUT2D eigenvalue weighted by Gasteiger charge is 2.11. The van der Waals surface area contributed by atoms with Crippen LogP contribution in [-0.2, 0) is 9.53 Å². The predicted molar refractivity (Wildman–Crippen MR) is 49.0 cm³/mol. The van der Waals surface area contributed by atoms with E-state index in [9.17, 15) is 9.18 Å². The second-order valence-corrected chi connectivity index (χ2v) is 2.54. The van der Waals surface area contributed by atoms with E-state index in [0.717, 1.165) is 0 Å². The summed E-state index contributed by atoms with van der Waals surface area (Å²) < 4.78 is 17.0. The maximum Gasteiger partial charge on any atom is 0.341 e. The maximum absolute atomic E-state index is 12.5. The Bertz CT molecular complexity index is 354. The van der Waals surface area contributed by atoms with Crippen molar-refractivity contribution in [2.45, 2.75) is 0 Å². The van der Waals surface area contributed by atoms with Gasteiger partial charge in [-0.2, -0.15) is 0 Å². The van der Waals surface area contributed by atoms with Crippen LogP contribution in [0.25, 0.3) is 5.57 Å². The molecule has 3 nitrogen and oxygen atoms in total. The van der Waals surface area contributed by atoms with Gasteiger partial charge in [-0.25, -0.2) is 9.18 Å². The van der Waals surface area contributed by atoms with Gasteiger partial charge in [0.2, 0.25) is 0 Å². The Kier molecular flexibility index (Phi) is 3.23. The van der Waals surface area contributed by atoms with E-state index in [1.54, 1.807) is 0 Å². The number of carbonyl (C=O) groups excluding carboxylic acids is 1. The van der Waals surface area contributed by atoms with Gasteiger partial charge >= 0.3 is 5.97 Å². The zero-order valence-electron chi connectivity index (χ0n) is 7.53. The Morgan fingerprint density at radius 1 is 1.43 bits per heavy atom. The minimum atomic E-state index is -0.667. The molecule has 0 saturated heterocycles. The molecule has 0 aliphatic heterocycles. The van der Waals surface area contributed by atoms with Crippen LogP contribution < -0.4 is 0 Å². The zero-order valence-corrected chi connectivity index (χ0v) is 7.53. The van der Waals surface area contributed by atoms with E-state index < -0.39 is 11.8 Å². The minimum Gasteiger partial charge on any atom is -0.515 e. The molecule has 1 N–H and O–H groups in total. The molecule has 0 atom stereocenters. The molecule has 0 bridgehead atoms. The molecular formula is C10H9FO3. The number of hydrogen-bond donors (Lipinski definition) is 1. The van der Waals surface area contributed by atoms with E-state index in [2.05, 4.69) is 4.74 Å². The van der Waals surface area contributed by atoms with Gasteiger partial charge in [0, 0.05) is 0 Å². The van der Waals surface area contributed by atoms with E-state index in [0.29, 0.717) is 11.8 Å². The number of carbonyl (C=O) groups is 1. The van der Waals surface area contributed by atoms with Crippen LogP contribution in [0.3, 0.4) is 0 Å². The summed E-state index contributed by atoms with van der Waals surface area (Å²) in [6, 6.07) is 5.16. The molecule has 1 aromatic carbocycles. The number of aliphatic hydroxyl groups excluding tert-OH is 1. The first kappa shape index (κ1) is 10.2. The number of esters is 1. The molecule has 0 aliphatic carbocycles. The number of methoxy groups -OCH3 is 1. The lowest BCUT2D eigenvalue weighted by Crippen LogP contribution is -2.03. The van der Waals surface area contributed by atoms with Gasteiger partial charge in [-0.1, -0.05) is 12.1 Å². The Balaban J connectivity index is 3.03. The molecule has 1 aromatic rings. The van der Waals surface area contributed by atoms with Crippen molar-refractivity contribution in [1.82, 2.24) is 0 Å². The lowest BCUT2D eigenvalue weighted by Gasteiger charge is -2.03. The number of hydrogen-bond acceptors (Lipinski definition) is 3.